The number of aliphatic hydroxyl groups excluding tert-OH is 1. The minimum Gasteiger partial charge on any atom is -0.385 e. The van der Waals surface area contributed by atoms with E-state index in [0.29, 0.717) is 0 Å². The van der Waals surface area contributed by atoms with Gasteiger partial charge in [-0.3, -0.25) is 0 Å². The third-order valence-corrected chi connectivity index (χ3v) is 2.30. The average molecular weight is 220 g/mol. The Morgan fingerprint density at radius 3 is 2.31 bits per heavy atom. The fourth-order valence-electron chi connectivity index (χ4n) is 1.35. The number of hydrogen-bond acceptors (Lipinski definition) is 1. The highest BCUT2D eigenvalue weighted by molar-refractivity contribution is 5.19. The second-order valence-corrected chi connectivity index (χ2v) is 4.44. The van der Waals surface area contributed by atoms with Crippen LogP contribution in [0, 0.1) is 0 Å². The van der Waals surface area contributed by atoms with Crippen molar-refractivity contribution in [1.29, 1.82) is 0 Å². The number of rotatable bonds is 6. The van der Waals surface area contributed by atoms with E-state index in [0.717, 1.165) is 18.4 Å². The highest BCUT2D eigenvalue weighted by Crippen LogP contribution is 2.09. The molecule has 1 heteroatoms. The van der Waals surface area contributed by atoms with Crippen molar-refractivity contribution in [3.8, 4) is 0 Å². The summed E-state index contributed by atoms with van der Waals surface area (Å²) >= 11 is 0. The van der Waals surface area contributed by atoms with Crippen molar-refractivity contribution in [3.05, 3.63) is 47.6 Å². The van der Waals surface area contributed by atoms with Gasteiger partial charge in [0.15, 0.2) is 0 Å². The van der Waals surface area contributed by atoms with Gasteiger partial charge in [0.1, 0.15) is 0 Å². The molecule has 1 N–H and O–H groups in total. The highest BCUT2D eigenvalue weighted by Gasteiger charge is 1.96. The summed E-state index contributed by atoms with van der Waals surface area (Å²) in [7, 11) is 0. The van der Waals surface area contributed by atoms with E-state index in [4.69, 9.17) is 0 Å². The molecular weight excluding hydrogens is 196 g/mol. The standard InChI is InChI=1S/C15H24O/c1-6-13(4)10-15(16)11-14(5)9-7-8-12(2)3/h6,8,10-11,15-16H,1,7,9H2,2-5H3/b13-10+,14-11+. The Morgan fingerprint density at radius 1 is 1.19 bits per heavy atom. The summed E-state index contributed by atoms with van der Waals surface area (Å²) in [5.74, 6) is 0. The van der Waals surface area contributed by atoms with Gasteiger partial charge >= 0.3 is 0 Å². The lowest BCUT2D eigenvalue weighted by atomic mass is 10.1. The van der Waals surface area contributed by atoms with Crippen LogP contribution in [0.4, 0.5) is 0 Å². The minimum absolute atomic E-state index is 0.496. The summed E-state index contributed by atoms with van der Waals surface area (Å²) in [6, 6.07) is 0. The lowest BCUT2D eigenvalue weighted by Gasteiger charge is -2.03. The zero-order valence-corrected chi connectivity index (χ0v) is 11.0. The molecule has 0 aromatic rings. The molecule has 0 bridgehead atoms. The number of aliphatic hydroxyl groups is 1. The molecule has 0 aromatic carbocycles. The molecule has 90 valence electrons. The first-order valence-electron chi connectivity index (χ1n) is 5.75. The van der Waals surface area contributed by atoms with Crippen molar-refractivity contribution in [3.63, 3.8) is 0 Å². The maximum Gasteiger partial charge on any atom is 0.0910 e. The summed E-state index contributed by atoms with van der Waals surface area (Å²) in [5.41, 5.74) is 3.56. The van der Waals surface area contributed by atoms with Gasteiger partial charge in [0.2, 0.25) is 0 Å². The molecule has 16 heavy (non-hydrogen) atoms. The van der Waals surface area contributed by atoms with Crippen LogP contribution in [-0.4, -0.2) is 11.2 Å². The zero-order chi connectivity index (χ0) is 12.6. The molecular formula is C15H24O. The van der Waals surface area contributed by atoms with Crippen LogP contribution in [0.2, 0.25) is 0 Å². The van der Waals surface area contributed by atoms with Crippen LogP contribution in [-0.2, 0) is 0 Å². The smallest absolute Gasteiger partial charge is 0.0910 e. The van der Waals surface area contributed by atoms with E-state index in [9.17, 15) is 5.11 Å². The Balaban J connectivity index is 4.21. The van der Waals surface area contributed by atoms with Crippen LogP contribution in [0.5, 0.6) is 0 Å². The fraction of sp³-hybridized carbons (Fsp3) is 0.467. The van der Waals surface area contributed by atoms with E-state index in [1.54, 1.807) is 12.2 Å². The van der Waals surface area contributed by atoms with Crippen molar-refractivity contribution >= 4 is 0 Å². The first-order valence-corrected chi connectivity index (χ1v) is 5.75. The lowest BCUT2D eigenvalue weighted by Crippen LogP contribution is -1.99. The second-order valence-electron chi connectivity index (χ2n) is 4.44. The summed E-state index contributed by atoms with van der Waals surface area (Å²) in [5, 5.41) is 9.71. The van der Waals surface area contributed by atoms with Crippen LogP contribution in [0.25, 0.3) is 0 Å². The molecule has 0 fully saturated rings. The van der Waals surface area contributed by atoms with Gasteiger partial charge in [-0.25, -0.2) is 0 Å². The molecule has 0 spiro atoms. The van der Waals surface area contributed by atoms with Gasteiger partial charge in [-0.05, 0) is 46.6 Å². The molecule has 0 aliphatic carbocycles. The minimum atomic E-state index is -0.496. The van der Waals surface area contributed by atoms with E-state index < -0.39 is 6.10 Å². The summed E-state index contributed by atoms with van der Waals surface area (Å²) in [6.07, 6.45) is 9.21. The SMILES string of the molecule is C=C/C(C)=C/C(O)/C=C(\C)CCC=C(C)C. The average Bonchev–Trinajstić information content (AvgIpc) is 2.16. The fourth-order valence-corrected chi connectivity index (χ4v) is 1.35. The van der Waals surface area contributed by atoms with Gasteiger partial charge in [0, 0.05) is 0 Å². The van der Waals surface area contributed by atoms with Crippen molar-refractivity contribution in [2.24, 2.45) is 0 Å². The summed E-state index contributed by atoms with van der Waals surface area (Å²) in [6.45, 7) is 11.8. The monoisotopic (exact) mass is 220 g/mol. The normalized spacial score (nSPS) is 14.6. The molecule has 0 aliphatic rings. The van der Waals surface area contributed by atoms with E-state index in [-0.39, 0.29) is 0 Å². The Labute approximate surface area is 99.9 Å². The highest BCUT2D eigenvalue weighted by atomic mass is 16.3. The maximum atomic E-state index is 9.71. The van der Waals surface area contributed by atoms with Crippen LogP contribution >= 0.6 is 0 Å². The van der Waals surface area contributed by atoms with Gasteiger partial charge in [-0.15, -0.1) is 0 Å². The Bertz CT molecular complexity index is 301. The van der Waals surface area contributed by atoms with E-state index in [1.807, 2.05) is 13.0 Å². The Kier molecular flexibility index (Phi) is 7.57. The molecule has 0 saturated heterocycles. The lowest BCUT2D eigenvalue weighted by molar-refractivity contribution is 0.269. The molecule has 0 heterocycles. The van der Waals surface area contributed by atoms with Gasteiger partial charge < -0.3 is 5.11 Å². The van der Waals surface area contributed by atoms with Crippen molar-refractivity contribution in [2.45, 2.75) is 46.6 Å². The maximum absolute atomic E-state index is 9.71. The van der Waals surface area contributed by atoms with E-state index in [1.165, 1.54) is 11.1 Å². The molecule has 0 aliphatic heterocycles. The third kappa shape index (κ3) is 8.25. The third-order valence-electron chi connectivity index (χ3n) is 2.30. The van der Waals surface area contributed by atoms with E-state index in [2.05, 4.69) is 33.4 Å². The second kappa shape index (κ2) is 8.12. The molecule has 0 rings (SSSR count). The number of allylic oxidation sites excluding steroid dienone is 5. The van der Waals surface area contributed by atoms with Gasteiger partial charge in [0.05, 0.1) is 6.10 Å². The molecule has 1 unspecified atom stereocenters. The predicted molar refractivity (Wildman–Crippen MR) is 72.4 cm³/mol. The quantitative estimate of drug-likeness (QED) is 0.526. The van der Waals surface area contributed by atoms with Gasteiger partial charge in [-0.1, -0.05) is 41.5 Å². The van der Waals surface area contributed by atoms with Crippen LogP contribution in [0.3, 0.4) is 0 Å². The predicted octanol–water partition coefficient (Wildman–Crippen LogP) is 4.17. The molecule has 1 atom stereocenters. The molecule has 0 radical (unpaired) electrons. The molecule has 0 saturated carbocycles. The summed E-state index contributed by atoms with van der Waals surface area (Å²) < 4.78 is 0. The molecule has 0 aromatic heterocycles. The topological polar surface area (TPSA) is 20.2 Å². The first kappa shape index (κ1) is 14.9. The van der Waals surface area contributed by atoms with Crippen molar-refractivity contribution in [1.82, 2.24) is 0 Å². The van der Waals surface area contributed by atoms with Crippen molar-refractivity contribution in [2.75, 3.05) is 0 Å². The molecule has 1 nitrogen and oxygen atoms in total. The first-order chi connectivity index (χ1) is 7.45. The van der Waals surface area contributed by atoms with Gasteiger partial charge in [-0.2, -0.15) is 0 Å². The Morgan fingerprint density at radius 2 is 1.81 bits per heavy atom. The van der Waals surface area contributed by atoms with Crippen LogP contribution in [0.15, 0.2) is 47.6 Å². The van der Waals surface area contributed by atoms with Gasteiger partial charge in [0.25, 0.3) is 0 Å². The zero-order valence-electron chi connectivity index (χ0n) is 11.0. The largest absolute Gasteiger partial charge is 0.385 e. The van der Waals surface area contributed by atoms with Crippen LogP contribution in [0.1, 0.15) is 40.5 Å². The van der Waals surface area contributed by atoms with Crippen molar-refractivity contribution < 1.29 is 5.11 Å². The Hall–Kier alpha value is -1.08. The molecule has 0 amide bonds. The summed E-state index contributed by atoms with van der Waals surface area (Å²) in [4.78, 5) is 0. The number of hydrogen-bond donors (Lipinski definition) is 1. The van der Waals surface area contributed by atoms with E-state index >= 15 is 0 Å². The van der Waals surface area contributed by atoms with Crippen LogP contribution < -0.4 is 0 Å².